The minimum atomic E-state index is -0.953. The number of aryl methyl sites for hydroxylation is 1. The van der Waals surface area contributed by atoms with Crippen LogP contribution >= 0.6 is 0 Å². The van der Waals surface area contributed by atoms with Crippen LogP contribution in [-0.4, -0.2) is 38.8 Å². The first kappa shape index (κ1) is 15.7. The molecule has 5 nitrogen and oxygen atoms in total. The zero-order chi connectivity index (χ0) is 16.4. The lowest BCUT2D eigenvalue weighted by Crippen LogP contribution is -2.32. The molecule has 3 rings (SSSR count). The van der Waals surface area contributed by atoms with E-state index in [2.05, 4.69) is 29.1 Å². The highest BCUT2D eigenvalue weighted by molar-refractivity contribution is 5.94. The Morgan fingerprint density at radius 2 is 1.83 bits per heavy atom. The van der Waals surface area contributed by atoms with Crippen LogP contribution in [0.15, 0.2) is 30.5 Å². The summed E-state index contributed by atoms with van der Waals surface area (Å²) in [5.74, 6) is -0.953. The number of carboxylic acid groups (broad SMARTS) is 1. The average molecular weight is 313 g/mol. The van der Waals surface area contributed by atoms with Gasteiger partial charge in [-0.05, 0) is 44.0 Å². The number of benzene rings is 1. The minimum Gasteiger partial charge on any atom is -0.477 e. The van der Waals surface area contributed by atoms with Crippen molar-refractivity contribution in [1.29, 1.82) is 0 Å². The molecule has 0 spiro atoms. The van der Waals surface area contributed by atoms with Crippen LogP contribution in [0.4, 0.5) is 0 Å². The third-order valence-electron chi connectivity index (χ3n) is 4.78. The average Bonchev–Trinajstić information content (AvgIpc) is 2.97. The van der Waals surface area contributed by atoms with Gasteiger partial charge in [0.2, 0.25) is 0 Å². The van der Waals surface area contributed by atoms with Crippen molar-refractivity contribution >= 4 is 5.97 Å². The SMILES string of the molecule is C[C@H](c1ccc(-c2cnn(C)c2C(=O)O)cc1)N1CCCCC1. The predicted octanol–water partition coefficient (Wildman–Crippen LogP) is 3.33. The van der Waals surface area contributed by atoms with Gasteiger partial charge >= 0.3 is 5.97 Å². The normalized spacial score (nSPS) is 17.1. The number of aromatic nitrogens is 2. The van der Waals surface area contributed by atoms with Gasteiger partial charge < -0.3 is 5.11 Å². The van der Waals surface area contributed by atoms with Crippen LogP contribution < -0.4 is 0 Å². The van der Waals surface area contributed by atoms with Crippen molar-refractivity contribution in [3.63, 3.8) is 0 Å². The second-order valence-electron chi connectivity index (χ2n) is 6.23. The molecule has 1 aliphatic heterocycles. The molecule has 0 saturated carbocycles. The van der Waals surface area contributed by atoms with E-state index in [0.29, 0.717) is 11.6 Å². The van der Waals surface area contributed by atoms with E-state index in [-0.39, 0.29) is 5.69 Å². The van der Waals surface area contributed by atoms with E-state index in [4.69, 9.17) is 0 Å². The molecule has 5 heteroatoms. The zero-order valence-electron chi connectivity index (χ0n) is 13.7. The van der Waals surface area contributed by atoms with E-state index in [1.54, 1.807) is 13.2 Å². The maximum absolute atomic E-state index is 11.4. The number of carboxylic acids is 1. The van der Waals surface area contributed by atoms with Gasteiger partial charge in [-0.15, -0.1) is 0 Å². The molecule has 122 valence electrons. The van der Waals surface area contributed by atoms with Crippen LogP contribution in [0.1, 0.15) is 48.3 Å². The van der Waals surface area contributed by atoms with Gasteiger partial charge in [0.15, 0.2) is 5.69 Å². The third kappa shape index (κ3) is 3.15. The monoisotopic (exact) mass is 313 g/mol. The van der Waals surface area contributed by atoms with Gasteiger partial charge in [-0.2, -0.15) is 5.10 Å². The van der Waals surface area contributed by atoms with Crippen molar-refractivity contribution in [2.45, 2.75) is 32.2 Å². The lowest BCUT2D eigenvalue weighted by atomic mass is 9.99. The van der Waals surface area contributed by atoms with Crippen LogP contribution in [0.25, 0.3) is 11.1 Å². The molecule has 1 N–H and O–H groups in total. The van der Waals surface area contributed by atoms with Crippen molar-refractivity contribution in [1.82, 2.24) is 14.7 Å². The lowest BCUT2D eigenvalue weighted by molar-refractivity contribution is 0.0686. The van der Waals surface area contributed by atoms with Crippen molar-refractivity contribution < 1.29 is 9.90 Å². The Morgan fingerprint density at radius 1 is 1.17 bits per heavy atom. The number of likely N-dealkylation sites (tertiary alicyclic amines) is 1. The number of piperidine rings is 1. The molecule has 1 fully saturated rings. The summed E-state index contributed by atoms with van der Waals surface area (Å²) in [6.45, 7) is 4.57. The van der Waals surface area contributed by atoms with Crippen LogP contribution in [-0.2, 0) is 7.05 Å². The van der Waals surface area contributed by atoms with Crippen molar-refractivity contribution in [2.75, 3.05) is 13.1 Å². The predicted molar refractivity (Wildman–Crippen MR) is 89.4 cm³/mol. The Kier molecular flexibility index (Phi) is 4.48. The number of rotatable bonds is 4. The van der Waals surface area contributed by atoms with E-state index >= 15 is 0 Å². The summed E-state index contributed by atoms with van der Waals surface area (Å²) in [4.78, 5) is 13.9. The molecule has 0 unspecified atom stereocenters. The molecule has 1 aromatic heterocycles. The molecule has 1 aromatic carbocycles. The van der Waals surface area contributed by atoms with Crippen molar-refractivity contribution in [3.05, 3.63) is 41.7 Å². The second-order valence-corrected chi connectivity index (χ2v) is 6.23. The molecule has 0 radical (unpaired) electrons. The lowest BCUT2D eigenvalue weighted by Gasteiger charge is -2.32. The fourth-order valence-electron chi connectivity index (χ4n) is 3.36. The van der Waals surface area contributed by atoms with Crippen LogP contribution in [0.5, 0.6) is 0 Å². The molecular formula is C18H23N3O2. The smallest absolute Gasteiger partial charge is 0.354 e. The van der Waals surface area contributed by atoms with E-state index in [0.717, 1.165) is 18.7 Å². The van der Waals surface area contributed by atoms with E-state index in [1.165, 1.54) is 29.5 Å². The molecule has 1 aliphatic rings. The van der Waals surface area contributed by atoms with Crippen molar-refractivity contribution in [2.24, 2.45) is 7.05 Å². The summed E-state index contributed by atoms with van der Waals surface area (Å²) in [6, 6.07) is 8.61. The number of aromatic carboxylic acids is 1. The minimum absolute atomic E-state index is 0.224. The summed E-state index contributed by atoms with van der Waals surface area (Å²) in [7, 11) is 1.65. The zero-order valence-corrected chi connectivity index (χ0v) is 13.7. The molecule has 1 atom stereocenters. The Morgan fingerprint density at radius 3 is 2.43 bits per heavy atom. The fraction of sp³-hybridized carbons (Fsp3) is 0.444. The van der Waals surface area contributed by atoms with Crippen LogP contribution in [0.3, 0.4) is 0 Å². The molecule has 0 amide bonds. The molecule has 0 aliphatic carbocycles. The Labute approximate surface area is 136 Å². The van der Waals surface area contributed by atoms with Crippen LogP contribution in [0, 0.1) is 0 Å². The highest BCUT2D eigenvalue weighted by atomic mass is 16.4. The number of hydrogen-bond donors (Lipinski definition) is 1. The summed E-state index contributed by atoms with van der Waals surface area (Å²) in [5.41, 5.74) is 3.06. The maximum Gasteiger partial charge on any atom is 0.354 e. The van der Waals surface area contributed by atoms with Crippen molar-refractivity contribution in [3.8, 4) is 11.1 Å². The topological polar surface area (TPSA) is 58.4 Å². The van der Waals surface area contributed by atoms with Gasteiger partial charge in [-0.3, -0.25) is 9.58 Å². The molecule has 2 aromatic rings. The second kappa shape index (κ2) is 6.54. The van der Waals surface area contributed by atoms with E-state index in [1.807, 2.05) is 12.1 Å². The molecule has 1 saturated heterocycles. The van der Waals surface area contributed by atoms with Crippen LogP contribution in [0.2, 0.25) is 0 Å². The van der Waals surface area contributed by atoms with Gasteiger partial charge in [-0.25, -0.2) is 4.79 Å². The van der Waals surface area contributed by atoms with Gasteiger partial charge in [-0.1, -0.05) is 30.7 Å². The van der Waals surface area contributed by atoms with E-state index < -0.39 is 5.97 Å². The highest BCUT2D eigenvalue weighted by Gasteiger charge is 2.20. The Balaban J connectivity index is 1.83. The first-order valence-electron chi connectivity index (χ1n) is 8.17. The largest absolute Gasteiger partial charge is 0.477 e. The van der Waals surface area contributed by atoms with Gasteiger partial charge in [0.25, 0.3) is 0 Å². The summed E-state index contributed by atoms with van der Waals surface area (Å²) >= 11 is 0. The third-order valence-corrected chi connectivity index (χ3v) is 4.78. The van der Waals surface area contributed by atoms with Gasteiger partial charge in [0, 0.05) is 18.7 Å². The number of nitrogens with zero attached hydrogens (tertiary/aromatic N) is 3. The summed E-state index contributed by atoms with van der Waals surface area (Å²) in [5, 5.41) is 13.4. The molecule has 0 bridgehead atoms. The molecular weight excluding hydrogens is 290 g/mol. The quantitative estimate of drug-likeness (QED) is 0.940. The molecule has 2 heterocycles. The molecule has 23 heavy (non-hydrogen) atoms. The first-order chi connectivity index (χ1) is 11.1. The summed E-state index contributed by atoms with van der Waals surface area (Å²) in [6.07, 6.45) is 5.51. The van der Waals surface area contributed by atoms with Gasteiger partial charge in [0.05, 0.1) is 6.20 Å². The van der Waals surface area contributed by atoms with E-state index in [9.17, 15) is 9.90 Å². The van der Waals surface area contributed by atoms with Gasteiger partial charge in [0.1, 0.15) is 0 Å². The Hall–Kier alpha value is -2.14. The first-order valence-corrected chi connectivity index (χ1v) is 8.17. The number of carbonyl (C=O) groups is 1. The maximum atomic E-state index is 11.4. The standard InChI is InChI=1S/C18H23N3O2/c1-13(21-10-4-3-5-11-21)14-6-8-15(9-7-14)16-12-19-20(2)17(16)18(22)23/h6-9,12-13H,3-5,10-11H2,1-2H3,(H,22,23)/t13-/m1/s1. The number of hydrogen-bond acceptors (Lipinski definition) is 3. The fourth-order valence-corrected chi connectivity index (χ4v) is 3.36. The summed E-state index contributed by atoms with van der Waals surface area (Å²) < 4.78 is 1.40. The Bertz CT molecular complexity index is 685. The highest BCUT2D eigenvalue weighted by Crippen LogP contribution is 2.28.